The largest absolute Gasteiger partial charge is 0.302 e. The van der Waals surface area contributed by atoms with E-state index in [1.165, 1.54) is 24.3 Å². The van der Waals surface area contributed by atoms with Gasteiger partial charge in [-0.15, -0.1) is 10.2 Å². The summed E-state index contributed by atoms with van der Waals surface area (Å²) < 4.78 is 0. The lowest BCUT2D eigenvalue weighted by Gasteiger charge is -2.04. The number of anilines is 1. The van der Waals surface area contributed by atoms with E-state index in [1.807, 2.05) is 6.07 Å². The number of hydrogen-bond donors (Lipinski definition) is 2. The molecule has 0 atom stereocenters. The molecule has 9 heteroatoms. The minimum Gasteiger partial charge on any atom is -0.302 e. The molecule has 25 heavy (non-hydrogen) atoms. The maximum Gasteiger partial charge on any atom is 0.294 e. The number of nitro benzene ring substituents is 1. The fourth-order valence-electron chi connectivity index (χ4n) is 2.06. The normalized spacial score (nSPS) is 10.2. The van der Waals surface area contributed by atoms with Crippen LogP contribution >= 0.6 is 0 Å². The number of nitro groups is 1. The zero-order valence-corrected chi connectivity index (χ0v) is 12.7. The van der Waals surface area contributed by atoms with Crippen molar-refractivity contribution in [3.63, 3.8) is 0 Å². The molecule has 0 saturated heterocycles. The van der Waals surface area contributed by atoms with Gasteiger partial charge in [-0.1, -0.05) is 30.3 Å². The van der Waals surface area contributed by atoms with Gasteiger partial charge in [0.05, 0.1) is 4.92 Å². The minimum absolute atomic E-state index is 0.138. The summed E-state index contributed by atoms with van der Waals surface area (Å²) >= 11 is 0. The molecular weight excluding hydrogens is 326 g/mol. The van der Waals surface area contributed by atoms with Crippen molar-refractivity contribution in [1.29, 1.82) is 0 Å². The van der Waals surface area contributed by atoms with Crippen LogP contribution in [0.4, 0.5) is 11.5 Å². The molecule has 1 amide bonds. The van der Waals surface area contributed by atoms with Gasteiger partial charge in [0.15, 0.2) is 5.82 Å². The van der Waals surface area contributed by atoms with Gasteiger partial charge in [0.25, 0.3) is 17.2 Å². The highest BCUT2D eigenvalue weighted by Gasteiger charge is 2.13. The molecule has 0 spiro atoms. The molecule has 3 aromatic rings. The summed E-state index contributed by atoms with van der Waals surface area (Å²) in [6, 6.07) is 13.9. The molecule has 0 unspecified atom stereocenters. The van der Waals surface area contributed by atoms with Crippen molar-refractivity contribution >= 4 is 17.4 Å². The van der Waals surface area contributed by atoms with Gasteiger partial charge in [0.1, 0.15) is 0 Å². The molecule has 0 saturated carbocycles. The Bertz CT molecular complexity index is 983. The third-order valence-corrected chi connectivity index (χ3v) is 3.32. The fourth-order valence-corrected chi connectivity index (χ4v) is 2.06. The number of carbonyl (C=O) groups excluding carboxylic acids is 1. The Hall–Kier alpha value is -3.88. The van der Waals surface area contributed by atoms with Gasteiger partial charge in [-0.05, 0) is 12.1 Å². The van der Waals surface area contributed by atoms with Crippen LogP contribution in [0.2, 0.25) is 0 Å². The third kappa shape index (κ3) is 3.55. The van der Waals surface area contributed by atoms with E-state index < -0.39 is 16.4 Å². The van der Waals surface area contributed by atoms with Crippen LogP contribution in [0.5, 0.6) is 0 Å². The number of aromatic nitrogens is 3. The highest BCUT2D eigenvalue weighted by atomic mass is 16.6. The van der Waals surface area contributed by atoms with Crippen LogP contribution in [-0.2, 0) is 0 Å². The highest BCUT2D eigenvalue weighted by Crippen LogP contribution is 2.13. The maximum atomic E-state index is 12.1. The summed E-state index contributed by atoms with van der Waals surface area (Å²) in [7, 11) is 0. The molecule has 0 aliphatic rings. The summed E-state index contributed by atoms with van der Waals surface area (Å²) in [5.41, 5.74) is 0.0878. The summed E-state index contributed by atoms with van der Waals surface area (Å²) in [6.45, 7) is 0. The number of H-pyrrole nitrogens is 1. The van der Waals surface area contributed by atoms with Crippen LogP contribution in [0.15, 0.2) is 59.4 Å². The second-order valence-corrected chi connectivity index (χ2v) is 4.98. The van der Waals surface area contributed by atoms with E-state index in [0.29, 0.717) is 5.56 Å². The van der Waals surface area contributed by atoms with Crippen LogP contribution < -0.4 is 10.9 Å². The van der Waals surface area contributed by atoms with Crippen molar-refractivity contribution in [2.45, 2.75) is 0 Å². The number of aromatic amines is 1. The molecule has 0 aliphatic heterocycles. The molecule has 0 aliphatic carbocycles. The summed E-state index contributed by atoms with van der Waals surface area (Å²) in [5.74, 6) is -0.607. The maximum absolute atomic E-state index is 12.1. The molecule has 1 aromatic heterocycles. The predicted octanol–water partition coefficient (Wildman–Crippen LogP) is 1.99. The van der Waals surface area contributed by atoms with E-state index in [4.69, 9.17) is 0 Å². The second kappa shape index (κ2) is 6.71. The van der Waals surface area contributed by atoms with Gasteiger partial charge < -0.3 is 10.3 Å². The van der Waals surface area contributed by atoms with E-state index in [0.717, 1.165) is 0 Å². The van der Waals surface area contributed by atoms with E-state index in [2.05, 4.69) is 20.5 Å². The zero-order valence-electron chi connectivity index (χ0n) is 12.7. The van der Waals surface area contributed by atoms with Gasteiger partial charge in [0, 0.05) is 23.3 Å². The molecule has 9 nitrogen and oxygen atoms in total. The number of nitrogens with one attached hydrogen (secondary N) is 2. The number of benzene rings is 2. The first-order valence-electron chi connectivity index (χ1n) is 7.13. The van der Waals surface area contributed by atoms with Gasteiger partial charge in [-0.3, -0.25) is 19.7 Å². The Morgan fingerprint density at radius 1 is 1.04 bits per heavy atom. The lowest BCUT2D eigenvalue weighted by Crippen LogP contribution is -2.22. The van der Waals surface area contributed by atoms with Crippen LogP contribution in [0, 0.1) is 10.1 Å². The van der Waals surface area contributed by atoms with Crippen LogP contribution in [-0.4, -0.2) is 26.0 Å². The first-order chi connectivity index (χ1) is 12.0. The molecule has 124 valence electrons. The first-order valence-corrected chi connectivity index (χ1v) is 7.13. The van der Waals surface area contributed by atoms with Gasteiger partial charge >= 0.3 is 0 Å². The van der Waals surface area contributed by atoms with Crippen LogP contribution in [0.25, 0.3) is 11.4 Å². The smallest absolute Gasteiger partial charge is 0.294 e. The number of rotatable bonds is 4. The van der Waals surface area contributed by atoms with Crippen molar-refractivity contribution in [1.82, 2.24) is 15.2 Å². The van der Waals surface area contributed by atoms with Crippen molar-refractivity contribution in [2.75, 3.05) is 5.32 Å². The van der Waals surface area contributed by atoms with Crippen molar-refractivity contribution in [2.24, 2.45) is 0 Å². The molecular formula is C16H11N5O4. The predicted molar refractivity (Wildman–Crippen MR) is 89.1 cm³/mol. The van der Waals surface area contributed by atoms with Crippen molar-refractivity contribution in [3.8, 4) is 11.4 Å². The molecule has 0 radical (unpaired) electrons. The molecule has 0 bridgehead atoms. The molecule has 3 rings (SSSR count). The van der Waals surface area contributed by atoms with Gasteiger partial charge in [-0.2, -0.15) is 0 Å². The van der Waals surface area contributed by atoms with E-state index >= 15 is 0 Å². The topological polar surface area (TPSA) is 131 Å². The highest BCUT2D eigenvalue weighted by molar-refractivity contribution is 6.03. The Morgan fingerprint density at radius 2 is 1.72 bits per heavy atom. The summed E-state index contributed by atoms with van der Waals surface area (Å²) in [6.07, 6.45) is 0. The zero-order chi connectivity index (χ0) is 17.8. The first kappa shape index (κ1) is 16.0. The fraction of sp³-hybridized carbons (Fsp3) is 0. The number of carbonyl (C=O) groups is 1. The van der Waals surface area contributed by atoms with Gasteiger partial charge in [-0.25, -0.2) is 0 Å². The SMILES string of the molecule is O=C(Nc1nnc(-c2ccccc2)[nH]c1=O)c1ccc([N+](=O)[O-])cc1. The second-order valence-electron chi connectivity index (χ2n) is 4.98. The lowest BCUT2D eigenvalue weighted by molar-refractivity contribution is -0.384. The van der Waals surface area contributed by atoms with E-state index in [9.17, 15) is 19.7 Å². The van der Waals surface area contributed by atoms with Crippen molar-refractivity contribution in [3.05, 3.63) is 80.6 Å². The monoisotopic (exact) mass is 337 g/mol. The third-order valence-electron chi connectivity index (χ3n) is 3.32. The Kier molecular flexibility index (Phi) is 4.29. The Labute approximate surface area is 140 Å². The average molecular weight is 337 g/mol. The van der Waals surface area contributed by atoms with Crippen LogP contribution in [0.3, 0.4) is 0 Å². The minimum atomic E-state index is -0.623. The number of hydrogen-bond acceptors (Lipinski definition) is 6. The van der Waals surface area contributed by atoms with E-state index in [-0.39, 0.29) is 22.9 Å². The average Bonchev–Trinajstić information content (AvgIpc) is 2.64. The Morgan fingerprint density at radius 3 is 2.32 bits per heavy atom. The molecule has 0 fully saturated rings. The standard InChI is InChI=1S/C16H11N5O4/c22-15(11-6-8-12(9-7-11)21(24)25)18-14-16(23)17-13(19-20-14)10-4-2-1-3-5-10/h1-9H,(H,17,19,23)(H,18,20,22). The number of non-ortho nitro benzene ring substituents is 1. The van der Waals surface area contributed by atoms with Crippen molar-refractivity contribution < 1.29 is 9.72 Å². The molecule has 2 aromatic carbocycles. The number of amides is 1. The Balaban J connectivity index is 1.80. The lowest BCUT2D eigenvalue weighted by atomic mass is 10.2. The van der Waals surface area contributed by atoms with E-state index in [1.54, 1.807) is 24.3 Å². The summed E-state index contributed by atoms with van der Waals surface area (Å²) in [4.78, 5) is 36.7. The quantitative estimate of drug-likeness (QED) is 0.553. The molecule has 1 heterocycles. The van der Waals surface area contributed by atoms with Gasteiger partial charge in [0.2, 0.25) is 5.82 Å². The number of nitrogens with zero attached hydrogens (tertiary/aromatic N) is 3. The van der Waals surface area contributed by atoms with Crippen LogP contribution in [0.1, 0.15) is 10.4 Å². The summed E-state index contributed by atoms with van der Waals surface area (Å²) in [5, 5.41) is 20.6. The molecule has 2 N–H and O–H groups in total.